The third-order valence-electron chi connectivity index (χ3n) is 2.33. The first kappa shape index (κ1) is 8.93. The van der Waals surface area contributed by atoms with Crippen LogP contribution in [0.15, 0.2) is 12.4 Å². The first-order valence-corrected chi connectivity index (χ1v) is 4.55. The first-order valence-electron chi connectivity index (χ1n) is 4.55. The van der Waals surface area contributed by atoms with E-state index in [1.165, 1.54) is 12.4 Å². The van der Waals surface area contributed by atoms with Gasteiger partial charge in [-0.15, -0.1) is 0 Å². The van der Waals surface area contributed by atoms with Crippen LogP contribution in [0.2, 0.25) is 0 Å². The molecule has 0 saturated heterocycles. The molecule has 0 spiro atoms. The van der Waals surface area contributed by atoms with Gasteiger partial charge in [0, 0.05) is 6.04 Å². The number of nitrogens with two attached hydrogens (primary N) is 1. The van der Waals surface area contributed by atoms with Gasteiger partial charge in [0.2, 0.25) is 0 Å². The zero-order valence-electron chi connectivity index (χ0n) is 7.90. The molecule has 2 unspecified atom stereocenters. The minimum Gasteiger partial charge on any atom is -0.382 e. The van der Waals surface area contributed by atoms with Gasteiger partial charge in [-0.2, -0.15) is 0 Å². The zero-order chi connectivity index (χ0) is 10.1. The van der Waals surface area contributed by atoms with E-state index in [0.717, 1.165) is 6.42 Å². The molecule has 14 heavy (non-hydrogen) atoms. The molecule has 74 valence electrons. The average molecular weight is 192 g/mol. The van der Waals surface area contributed by atoms with E-state index in [0.29, 0.717) is 23.5 Å². The van der Waals surface area contributed by atoms with Crippen LogP contribution in [0, 0.1) is 5.92 Å². The Morgan fingerprint density at radius 2 is 2.29 bits per heavy atom. The Bertz CT molecular complexity index is 348. The fraction of sp³-hybridized carbons (Fsp3) is 0.444. The quantitative estimate of drug-likeness (QED) is 0.701. The lowest BCUT2D eigenvalue weighted by molar-refractivity contribution is 0.0944. The van der Waals surface area contributed by atoms with Gasteiger partial charge in [-0.1, -0.05) is 6.92 Å². The maximum Gasteiger partial charge on any atom is 0.271 e. The highest BCUT2D eigenvalue weighted by atomic mass is 16.2. The van der Waals surface area contributed by atoms with Crippen LogP contribution in [0.1, 0.15) is 23.8 Å². The number of rotatable bonds is 2. The maximum atomic E-state index is 11.5. The van der Waals surface area contributed by atoms with E-state index in [1.54, 1.807) is 0 Å². The number of carbonyl (C=O) groups is 1. The molecule has 1 aromatic heterocycles. The molecule has 3 N–H and O–H groups in total. The highest BCUT2D eigenvalue weighted by Gasteiger charge is 2.34. The Hall–Kier alpha value is -1.65. The van der Waals surface area contributed by atoms with Crippen molar-refractivity contribution in [2.75, 3.05) is 5.73 Å². The zero-order valence-corrected chi connectivity index (χ0v) is 7.90. The predicted molar refractivity (Wildman–Crippen MR) is 51.5 cm³/mol. The molecule has 1 aromatic rings. The molecule has 2 atom stereocenters. The first-order chi connectivity index (χ1) is 6.66. The smallest absolute Gasteiger partial charge is 0.271 e. The highest BCUT2D eigenvalue weighted by molar-refractivity contribution is 5.92. The summed E-state index contributed by atoms with van der Waals surface area (Å²) >= 11 is 0. The monoisotopic (exact) mass is 192 g/mol. The van der Waals surface area contributed by atoms with Gasteiger partial charge in [-0.05, 0) is 12.3 Å². The second-order valence-corrected chi connectivity index (χ2v) is 3.62. The van der Waals surface area contributed by atoms with Crippen molar-refractivity contribution < 1.29 is 4.79 Å². The lowest BCUT2D eigenvalue weighted by Crippen LogP contribution is -2.27. The van der Waals surface area contributed by atoms with E-state index >= 15 is 0 Å². The normalized spacial score (nSPS) is 24.4. The molecular weight excluding hydrogens is 180 g/mol. The van der Waals surface area contributed by atoms with Crippen molar-refractivity contribution in [2.24, 2.45) is 5.92 Å². The third-order valence-corrected chi connectivity index (χ3v) is 2.33. The molecule has 0 radical (unpaired) electrons. The number of aromatic nitrogens is 2. The van der Waals surface area contributed by atoms with Gasteiger partial charge >= 0.3 is 0 Å². The molecule has 0 bridgehead atoms. The topological polar surface area (TPSA) is 80.9 Å². The minimum atomic E-state index is -0.174. The number of anilines is 1. The van der Waals surface area contributed by atoms with Crippen molar-refractivity contribution in [3.8, 4) is 0 Å². The summed E-state index contributed by atoms with van der Waals surface area (Å²) in [4.78, 5) is 19.2. The van der Waals surface area contributed by atoms with Gasteiger partial charge in [0.05, 0.1) is 12.4 Å². The lowest BCUT2D eigenvalue weighted by atomic mass is 10.4. The summed E-state index contributed by atoms with van der Waals surface area (Å²) in [5.41, 5.74) is 5.68. The van der Waals surface area contributed by atoms with Gasteiger partial charge in [0.1, 0.15) is 11.5 Å². The van der Waals surface area contributed by atoms with E-state index in [9.17, 15) is 4.79 Å². The van der Waals surface area contributed by atoms with Crippen LogP contribution in [0.3, 0.4) is 0 Å². The molecule has 1 amide bonds. The summed E-state index contributed by atoms with van der Waals surface area (Å²) in [5.74, 6) is 0.730. The molecule has 0 aromatic carbocycles. The van der Waals surface area contributed by atoms with Crippen LogP contribution in [0.4, 0.5) is 5.82 Å². The van der Waals surface area contributed by atoms with Crippen molar-refractivity contribution in [3.63, 3.8) is 0 Å². The van der Waals surface area contributed by atoms with Gasteiger partial charge < -0.3 is 11.1 Å². The van der Waals surface area contributed by atoms with E-state index in [2.05, 4.69) is 22.2 Å². The van der Waals surface area contributed by atoms with Gasteiger partial charge in [0.25, 0.3) is 5.91 Å². The number of carbonyl (C=O) groups excluding carboxylic acids is 1. The van der Waals surface area contributed by atoms with E-state index < -0.39 is 0 Å². The number of nitrogens with one attached hydrogen (secondary N) is 1. The van der Waals surface area contributed by atoms with Crippen molar-refractivity contribution in [1.29, 1.82) is 0 Å². The Kier molecular flexibility index (Phi) is 2.07. The number of nitrogen functional groups attached to an aromatic ring is 1. The fourth-order valence-electron chi connectivity index (χ4n) is 1.22. The van der Waals surface area contributed by atoms with E-state index in [-0.39, 0.29) is 5.91 Å². The number of hydrogen-bond acceptors (Lipinski definition) is 4. The average Bonchev–Trinajstić information content (AvgIpc) is 2.82. The summed E-state index contributed by atoms with van der Waals surface area (Å²) in [6.07, 6.45) is 3.82. The van der Waals surface area contributed by atoms with Crippen LogP contribution in [-0.2, 0) is 0 Å². The lowest BCUT2D eigenvalue weighted by Gasteiger charge is -2.02. The predicted octanol–water partition coefficient (Wildman–Crippen LogP) is 0.197. The Morgan fingerprint density at radius 1 is 1.57 bits per heavy atom. The van der Waals surface area contributed by atoms with Crippen molar-refractivity contribution in [1.82, 2.24) is 15.3 Å². The van der Waals surface area contributed by atoms with Crippen LogP contribution in [-0.4, -0.2) is 21.9 Å². The van der Waals surface area contributed by atoms with Gasteiger partial charge in [0.15, 0.2) is 0 Å². The molecule has 1 heterocycles. The largest absolute Gasteiger partial charge is 0.382 e. The molecular formula is C9H12N4O. The summed E-state index contributed by atoms with van der Waals surface area (Å²) < 4.78 is 0. The second kappa shape index (κ2) is 3.25. The summed E-state index contributed by atoms with van der Waals surface area (Å²) in [6, 6.07) is 0.307. The maximum absolute atomic E-state index is 11.5. The second-order valence-electron chi connectivity index (χ2n) is 3.62. The van der Waals surface area contributed by atoms with Crippen molar-refractivity contribution >= 4 is 11.7 Å². The third kappa shape index (κ3) is 1.81. The van der Waals surface area contributed by atoms with Crippen molar-refractivity contribution in [3.05, 3.63) is 18.1 Å². The minimum absolute atomic E-state index is 0.174. The Morgan fingerprint density at radius 3 is 2.79 bits per heavy atom. The molecule has 2 rings (SSSR count). The Labute approximate surface area is 81.7 Å². The molecule has 1 saturated carbocycles. The molecule has 5 nitrogen and oxygen atoms in total. The fourth-order valence-corrected chi connectivity index (χ4v) is 1.22. The molecule has 5 heteroatoms. The SMILES string of the molecule is CC1CC1NC(=O)c1cnc(N)cn1. The highest BCUT2D eigenvalue weighted by Crippen LogP contribution is 2.29. The number of amides is 1. The number of hydrogen-bond donors (Lipinski definition) is 2. The van der Waals surface area contributed by atoms with Gasteiger partial charge in [-0.3, -0.25) is 4.79 Å². The molecule has 1 fully saturated rings. The van der Waals surface area contributed by atoms with Crippen LogP contribution in [0.25, 0.3) is 0 Å². The summed E-state index contributed by atoms with van der Waals surface area (Å²) in [7, 11) is 0. The Balaban J connectivity index is 2.00. The number of nitrogens with zero attached hydrogens (tertiary/aromatic N) is 2. The van der Waals surface area contributed by atoms with E-state index in [4.69, 9.17) is 5.73 Å². The van der Waals surface area contributed by atoms with Crippen molar-refractivity contribution in [2.45, 2.75) is 19.4 Å². The molecule has 0 aliphatic heterocycles. The summed E-state index contributed by atoms with van der Waals surface area (Å²) in [5, 5.41) is 2.86. The molecule has 1 aliphatic carbocycles. The van der Waals surface area contributed by atoms with Crippen LogP contribution >= 0.6 is 0 Å². The van der Waals surface area contributed by atoms with Gasteiger partial charge in [-0.25, -0.2) is 9.97 Å². The van der Waals surface area contributed by atoms with Crippen LogP contribution < -0.4 is 11.1 Å². The van der Waals surface area contributed by atoms with E-state index in [1.807, 2.05) is 0 Å². The molecule has 1 aliphatic rings. The van der Waals surface area contributed by atoms with Crippen LogP contribution in [0.5, 0.6) is 0 Å². The standard InChI is InChI=1S/C9H12N4O/c1-5-2-6(5)13-9(14)7-3-12-8(10)4-11-7/h3-6H,2H2,1H3,(H2,10,12)(H,13,14). The summed E-state index contributed by atoms with van der Waals surface area (Å²) in [6.45, 7) is 2.10.